The van der Waals surface area contributed by atoms with Crippen LogP contribution < -0.4 is 5.32 Å². The minimum Gasteiger partial charge on any atom is -0.480 e. The number of aliphatic hydroxyl groups is 1. The smallest absolute Gasteiger partial charge is 0.321 e. The SMILES string of the molecule is CC1([C@H](N[C@H](CO)c2ccccc2)C(=O)O)CC1. The largest absolute Gasteiger partial charge is 0.480 e. The molecule has 1 saturated carbocycles. The van der Waals surface area contributed by atoms with Crippen molar-refractivity contribution < 1.29 is 15.0 Å². The predicted octanol–water partition coefficient (Wildman–Crippen LogP) is 1.56. The Labute approximate surface area is 107 Å². The van der Waals surface area contributed by atoms with Gasteiger partial charge in [0.05, 0.1) is 12.6 Å². The van der Waals surface area contributed by atoms with Gasteiger partial charge < -0.3 is 10.2 Å². The Morgan fingerprint density at radius 2 is 2.00 bits per heavy atom. The van der Waals surface area contributed by atoms with Gasteiger partial charge in [-0.2, -0.15) is 0 Å². The molecule has 2 rings (SSSR count). The highest BCUT2D eigenvalue weighted by Gasteiger charge is 2.49. The first kappa shape index (κ1) is 13.1. The lowest BCUT2D eigenvalue weighted by Crippen LogP contribution is -2.45. The van der Waals surface area contributed by atoms with Crippen LogP contribution in [0.5, 0.6) is 0 Å². The zero-order valence-corrected chi connectivity index (χ0v) is 10.5. The Morgan fingerprint density at radius 1 is 1.39 bits per heavy atom. The van der Waals surface area contributed by atoms with Gasteiger partial charge in [-0.05, 0) is 23.8 Å². The van der Waals surface area contributed by atoms with E-state index in [0.29, 0.717) is 0 Å². The van der Waals surface area contributed by atoms with Crippen molar-refractivity contribution in [3.63, 3.8) is 0 Å². The first-order valence-corrected chi connectivity index (χ1v) is 6.21. The molecule has 4 nitrogen and oxygen atoms in total. The van der Waals surface area contributed by atoms with Gasteiger partial charge in [0, 0.05) is 0 Å². The number of hydrogen-bond acceptors (Lipinski definition) is 3. The van der Waals surface area contributed by atoms with E-state index in [-0.39, 0.29) is 18.1 Å². The summed E-state index contributed by atoms with van der Waals surface area (Å²) in [6, 6.07) is 8.51. The molecular formula is C14H19NO3. The van der Waals surface area contributed by atoms with Crippen LogP contribution in [0.1, 0.15) is 31.4 Å². The minimum atomic E-state index is -0.843. The Morgan fingerprint density at radius 3 is 2.44 bits per heavy atom. The first-order chi connectivity index (χ1) is 8.57. The van der Waals surface area contributed by atoms with E-state index in [1.165, 1.54) is 0 Å². The summed E-state index contributed by atoms with van der Waals surface area (Å²) in [4.78, 5) is 11.3. The minimum absolute atomic E-state index is 0.107. The lowest BCUT2D eigenvalue weighted by atomic mass is 9.96. The quantitative estimate of drug-likeness (QED) is 0.715. The molecule has 0 heterocycles. The van der Waals surface area contributed by atoms with Gasteiger partial charge >= 0.3 is 5.97 Å². The van der Waals surface area contributed by atoms with Crippen LogP contribution >= 0.6 is 0 Å². The highest BCUT2D eigenvalue weighted by molar-refractivity contribution is 5.75. The number of benzene rings is 1. The van der Waals surface area contributed by atoms with Crippen molar-refractivity contribution in [3.05, 3.63) is 35.9 Å². The molecule has 18 heavy (non-hydrogen) atoms. The molecule has 1 aromatic carbocycles. The van der Waals surface area contributed by atoms with Crippen LogP contribution in [0.3, 0.4) is 0 Å². The van der Waals surface area contributed by atoms with E-state index in [0.717, 1.165) is 18.4 Å². The molecule has 4 heteroatoms. The number of carboxylic acids is 1. The van der Waals surface area contributed by atoms with E-state index < -0.39 is 12.0 Å². The molecule has 1 aromatic rings. The highest BCUT2D eigenvalue weighted by atomic mass is 16.4. The maximum atomic E-state index is 11.3. The number of carboxylic acid groups (broad SMARTS) is 1. The summed E-state index contributed by atoms with van der Waals surface area (Å²) < 4.78 is 0. The molecule has 0 aromatic heterocycles. The van der Waals surface area contributed by atoms with Crippen molar-refractivity contribution in [1.82, 2.24) is 5.32 Å². The van der Waals surface area contributed by atoms with Crippen LogP contribution in [-0.2, 0) is 4.79 Å². The van der Waals surface area contributed by atoms with Crippen LogP contribution in [0.25, 0.3) is 0 Å². The van der Waals surface area contributed by atoms with E-state index in [1.807, 2.05) is 37.3 Å². The Balaban J connectivity index is 2.12. The number of carbonyl (C=O) groups is 1. The average molecular weight is 249 g/mol. The standard InChI is InChI=1S/C14H19NO3/c1-14(7-8-14)12(13(17)18)15-11(9-16)10-5-3-2-4-6-10/h2-6,11-12,15-16H,7-9H2,1H3,(H,17,18)/t11-,12-/m1/s1. The third-order valence-corrected chi connectivity index (χ3v) is 3.73. The normalized spacial score (nSPS) is 20.1. The number of nitrogens with one attached hydrogen (secondary N) is 1. The van der Waals surface area contributed by atoms with Crippen molar-refractivity contribution in [1.29, 1.82) is 0 Å². The maximum Gasteiger partial charge on any atom is 0.321 e. The van der Waals surface area contributed by atoms with Gasteiger partial charge in [0.1, 0.15) is 6.04 Å². The van der Waals surface area contributed by atoms with Crippen molar-refractivity contribution in [2.75, 3.05) is 6.61 Å². The molecule has 0 saturated heterocycles. The summed E-state index contributed by atoms with van der Waals surface area (Å²) in [6.45, 7) is 1.86. The summed E-state index contributed by atoms with van der Waals surface area (Å²) in [7, 11) is 0. The number of rotatable bonds is 6. The van der Waals surface area contributed by atoms with Crippen LogP contribution in [0.4, 0.5) is 0 Å². The molecule has 2 atom stereocenters. The van der Waals surface area contributed by atoms with Gasteiger partial charge in [-0.25, -0.2) is 0 Å². The molecule has 0 unspecified atom stereocenters. The summed E-state index contributed by atoms with van der Waals surface area (Å²) in [5.41, 5.74) is 0.740. The van der Waals surface area contributed by atoms with Crippen molar-refractivity contribution in [3.8, 4) is 0 Å². The van der Waals surface area contributed by atoms with Crippen molar-refractivity contribution >= 4 is 5.97 Å². The molecule has 0 bridgehead atoms. The van der Waals surface area contributed by atoms with E-state index in [2.05, 4.69) is 5.32 Å². The highest BCUT2D eigenvalue weighted by Crippen LogP contribution is 2.48. The van der Waals surface area contributed by atoms with E-state index >= 15 is 0 Å². The zero-order valence-electron chi connectivity index (χ0n) is 10.5. The van der Waals surface area contributed by atoms with Gasteiger partial charge in [-0.3, -0.25) is 10.1 Å². The van der Waals surface area contributed by atoms with Crippen LogP contribution in [0, 0.1) is 5.41 Å². The van der Waals surface area contributed by atoms with Gasteiger partial charge in [0.15, 0.2) is 0 Å². The lowest BCUT2D eigenvalue weighted by Gasteiger charge is -2.26. The fraction of sp³-hybridized carbons (Fsp3) is 0.500. The molecule has 0 radical (unpaired) electrons. The second kappa shape index (κ2) is 5.08. The molecule has 1 aliphatic rings. The second-order valence-electron chi connectivity index (χ2n) is 5.24. The molecule has 0 aliphatic heterocycles. The second-order valence-corrected chi connectivity index (χ2v) is 5.24. The summed E-state index contributed by atoms with van der Waals surface area (Å²) in [5.74, 6) is -0.843. The summed E-state index contributed by atoms with van der Waals surface area (Å²) in [6.07, 6.45) is 1.84. The van der Waals surface area contributed by atoms with Crippen molar-refractivity contribution in [2.45, 2.75) is 31.8 Å². The molecule has 1 aliphatic carbocycles. The molecule has 98 valence electrons. The number of hydrogen-bond donors (Lipinski definition) is 3. The fourth-order valence-electron chi connectivity index (χ4n) is 2.20. The maximum absolute atomic E-state index is 11.3. The zero-order chi connectivity index (χ0) is 13.2. The van der Waals surface area contributed by atoms with Gasteiger partial charge in [0.25, 0.3) is 0 Å². The van der Waals surface area contributed by atoms with Gasteiger partial charge in [-0.1, -0.05) is 37.3 Å². The average Bonchev–Trinajstić information content (AvgIpc) is 3.10. The van der Waals surface area contributed by atoms with E-state index in [1.54, 1.807) is 0 Å². The third kappa shape index (κ3) is 2.71. The Hall–Kier alpha value is -1.39. The lowest BCUT2D eigenvalue weighted by molar-refractivity contribution is -0.141. The van der Waals surface area contributed by atoms with Gasteiger partial charge in [0.2, 0.25) is 0 Å². The molecule has 1 fully saturated rings. The number of aliphatic hydroxyl groups excluding tert-OH is 1. The molecule has 0 spiro atoms. The summed E-state index contributed by atoms with van der Waals surface area (Å²) in [5, 5.41) is 21.8. The monoisotopic (exact) mass is 249 g/mol. The fourth-order valence-corrected chi connectivity index (χ4v) is 2.20. The first-order valence-electron chi connectivity index (χ1n) is 6.21. The molecular weight excluding hydrogens is 230 g/mol. The van der Waals surface area contributed by atoms with Crippen LogP contribution in [0.15, 0.2) is 30.3 Å². The Bertz CT molecular complexity index is 414. The number of aliphatic carboxylic acids is 1. The Kier molecular flexibility index (Phi) is 3.68. The van der Waals surface area contributed by atoms with Gasteiger partial charge in [-0.15, -0.1) is 0 Å². The van der Waals surface area contributed by atoms with Crippen LogP contribution in [0.2, 0.25) is 0 Å². The summed E-state index contributed by atoms with van der Waals surface area (Å²) >= 11 is 0. The third-order valence-electron chi connectivity index (χ3n) is 3.73. The predicted molar refractivity (Wildman–Crippen MR) is 68.2 cm³/mol. The molecule has 3 N–H and O–H groups in total. The molecule has 0 amide bonds. The van der Waals surface area contributed by atoms with Crippen LogP contribution in [-0.4, -0.2) is 28.8 Å². The van der Waals surface area contributed by atoms with E-state index in [4.69, 9.17) is 0 Å². The topological polar surface area (TPSA) is 69.6 Å². The van der Waals surface area contributed by atoms with Crippen molar-refractivity contribution in [2.24, 2.45) is 5.41 Å². The van der Waals surface area contributed by atoms with E-state index in [9.17, 15) is 15.0 Å².